The molecule has 1 heterocycles. The molecule has 0 aromatic heterocycles. The summed E-state index contributed by atoms with van der Waals surface area (Å²) >= 11 is 0. The Hall–Kier alpha value is -3.73. The van der Waals surface area contributed by atoms with Crippen LogP contribution in [0.25, 0.3) is 5.76 Å². The number of halogens is 1. The Labute approximate surface area is 167 Å². The van der Waals surface area contributed by atoms with Crippen molar-refractivity contribution in [1.29, 1.82) is 0 Å². The van der Waals surface area contributed by atoms with Gasteiger partial charge >= 0.3 is 0 Å². The monoisotopic (exact) mass is 387 g/mol. The molecular formula is C24H18FNO3. The maximum Gasteiger partial charge on any atom is 0.295 e. The zero-order valence-corrected chi connectivity index (χ0v) is 15.5. The molecule has 0 saturated carbocycles. The number of carbonyl (C=O) groups is 2. The fourth-order valence-corrected chi connectivity index (χ4v) is 3.60. The van der Waals surface area contributed by atoms with Gasteiger partial charge in [0.15, 0.2) is 0 Å². The van der Waals surface area contributed by atoms with Gasteiger partial charge in [-0.3, -0.25) is 9.59 Å². The maximum absolute atomic E-state index is 14.0. The van der Waals surface area contributed by atoms with Crippen molar-refractivity contribution < 1.29 is 19.1 Å². The molecule has 0 unspecified atom stereocenters. The van der Waals surface area contributed by atoms with Crippen LogP contribution in [-0.4, -0.2) is 21.7 Å². The lowest BCUT2D eigenvalue weighted by molar-refractivity contribution is -0.140. The summed E-state index contributed by atoms with van der Waals surface area (Å²) in [4.78, 5) is 27.1. The van der Waals surface area contributed by atoms with Crippen molar-refractivity contribution in [2.45, 2.75) is 12.6 Å². The predicted molar refractivity (Wildman–Crippen MR) is 107 cm³/mol. The molecular weight excluding hydrogens is 369 g/mol. The lowest BCUT2D eigenvalue weighted by atomic mass is 9.95. The van der Waals surface area contributed by atoms with Gasteiger partial charge < -0.3 is 10.0 Å². The lowest BCUT2D eigenvalue weighted by Crippen LogP contribution is -2.29. The van der Waals surface area contributed by atoms with Crippen molar-refractivity contribution in [1.82, 2.24) is 4.90 Å². The minimum absolute atomic E-state index is 0.0391. The molecule has 0 aliphatic carbocycles. The third kappa shape index (κ3) is 3.55. The molecule has 5 heteroatoms. The molecule has 144 valence electrons. The second kappa shape index (κ2) is 7.72. The molecule has 1 saturated heterocycles. The van der Waals surface area contributed by atoms with Crippen molar-refractivity contribution in [2.75, 3.05) is 0 Å². The summed E-state index contributed by atoms with van der Waals surface area (Å²) < 4.78 is 14.0. The highest BCUT2D eigenvalue weighted by molar-refractivity contribution is 6.46. The fraction of sp³-hybridized carbons (Fsp3) is 0.0833. The minimum Gasteiger partial charge on any atom is -0.507 e. The number of benzene rings is 3. The van der Waals surface area contributed by atoms with Gasteiger partial charge in [0.1, 0.15) is 11.6 Å². The third-order valence-corrected chi connectivity index (χ3v) is 4.95. The topological polar surface area (TPSA) is 57.6 Å². The summed E-state index contributed by atoms with van der Waals surface area (Å²) in [6.07, 6.45) is 0. The first-order valence-electron chi connectivity index (χ1n) is 9.19. The van der Waals surface area contributed by atoms with E-state index in [1.807, 2.05) is 30.3 Å². The number of hydrogen-bond acceptors (Lipinski definition) is 3. The third-order valence-electron chi connectivity index (χ3n) is 4.95. The van der Waals surface area contributed by atoms with Gasteiger partial charge in [0.05, 0.1) is 11.6 Å². The van der Waals surface area contributed by atoms with Crippen molar-refractivity contribution >= 4 is 17.4 Å². The van der Waals surface area contributed by atoms with E-state index in [0.29, 0.717) is 11.1 Å². The summed E-state index contributed by atoms with van der Waals surface area (Å²) in [7, 11) is 0. The Kier molecular flexibility index (Phi) is 4.96. The van der Waals surface area contributed by atoms with Gasteiger partial charge in [0.2, 0.25) is 0 Å². The SMILES string of the molecule is O=C1C(=O)N(Cc2ccccc2)[C@@H](c2cccc(F)c2)C1=C(O)c1ccccc1. The number of likely N-dealkylation sites (tertiary alicyclic amines) is 1. The molecule has 1 aliphatic rings. The van der Waals surface area contributed by atoms with Gasteiger partial charge in [-0.05, 0) is 23.3 Å². The highest BCUT2D eigenvalue weighted by Crippen LogP contribution is 2.40. The highest BCUT2D eigenvalue weighted by Gasteiger charge is 2.46. The number of aliphatic hydroxyl groups excluding tert-OH is 1. The van der Waals surface area contributed by atoms with Gasteiger partial charge in [-0.1, -0.05) is 72.8 Å². The Morgan fingerprint density at radius 1 is 0.897 bits per heavy atom. The Balaban J connectivity index is 1.87. The van der Waals surface area contributed by atoms with Crippen LogP contribution in [0.5, 0.6) is 0 Å². The second-order valence-electron chi connectivity index (χ2n) is 6.83. The Bertz CT molecular complexity index is 1090. The van der Waals surface area contributed by atoms with E-state index in [2.05, 4.69) is 0 Å². The van der Waals surface area contributed by atoms with E-state index in [-0.39, 0.29) is 17.9 Å². The average Bonchev–Trinajstić information content (AvgIpc) is 2.99. The Morgan fingerprint density at radius 3 is 2.21 bits per heavy atom. The number of ketones is 1. The van der Waals surface area contributed by atoms with Crippen molar-refractivity contribution in [3.63, 3.8) is 0 Å². The summed E-state index contributed by atoms with van der Waals surface area (Å²) in [6, 6.07) is 22.7. The summed E-state index contributed by atoms with van der Waals surface area (Å²) in [5, 5.41) is 10.9. The lowest BCUT2D eigenvalue weighted by Gasteiger charge is -2.25. The van der Waals surface area contributed by atoms with Crippen LogP contribution >= 0.6 is 0 Å². The first-order valence-corrected chi connectivity index (χ1v) is 9.19. The number of aliphatic hydroxyl groups is 1. The smallest absolute Gasteiger partial charge is 0.295 e. The maximum atomic E-state index is 14.0. The number of carbonyl (C=O) groups excluding carboxylic acids is 2. The normalized spacial score (nSPS) is 18.2. The molecule has 1 N–H and O–H groups in total. The minimum atomic E-state index is -0.883. The Morgan fingerprint density at radius 2 is 1.55 bits per heavy atom. The van der Waals surface area contributed by atoms with Crippen LogP contribution in [0.1, 0.15) is 22.7 Å². The summed E-state index contributed by atoms with van der Waals surface area (Å²) in [5.74, 6) is -2.25. The first-order chi connectivity index (χ1) is 14.1. The second-order valence-corrected chi connectivity index (χ2v) is 6.83. The molecule has 0 bridgehead atoms. The molecule has 1 aliphatic heterocycles. The largest absolute Gasteiger partial charge is 0.507 e. The van der Waals surface area contributed by atoms with E-state index in [0.717, 1.165) is 5.56 Å². The molecule has 1 amide bonds. The highest BCUT2D eigenvalue weighted by atomic mass is 19.1. The van der Waals surface area contributed by atoms with Gasteiger partial charge in [-0.25, -0.2) is 4.39 Å². The quantitative estimate of drug-likeness (QED) is 0.409. The number of rotatable bonds is 4. The molecule has 1 atom stereocenters. The molecule has 0 spiro atoms. The van der Waals surface area contributed by atoms with Crippen LogP contribution < -0.4 is 0 Å². The van der Waals surface area contributed by atoms with Crippen LogP contribution in [0.2, 0.25) is 0 Å². The number of nitrogens with zero attached hydrogens (tertiary/aromatic N) is 1. The number of hydrogen-bond donors (Lipinski definition) is 1. The van der Waals surface area contributed by atoms with Crippen LogP contribution in [-0.2, 0) is 16.1 Å². The standard InChI is InChI=1S/C24H18FNO3/c25-19-13-7-12-18(14-19)21-20(22(27)17-10-5-2-6-11-17)23(28)24(29)26(21)15-16-8-3-1-4-9-16/h1-14,21,27H,15H2/t21-/m0/s1. The molecule has 29 heavy (non-hydrogen) atoms. The van der Waals surface area contributed by atoms with E-state index in [1.165, 1.54) is 23.1 Å². The zero-order valence-electron chi connectivity index (χ0n) is 15.5. The summed E-state index contributed by atoms with van der Waals surface area (Å²) in [5.41, 5.74) is 1.64. The van der Waals surface area contributed by atoms with Crippen molar-refractivity contribution in [2.24, 2.45) is 0 Å². The number of amides is 1. The molecule has 0 radical (unpaired) electrons. The van der Waals surface area contributed by atoms with E-state index >= 15 is 0 Å². The average molecular weight is 387 g/mol. The van der Waals surface area contributed by atoms with Gasteiger partial charge in [-0.2, -0.15) is 0 Å². The molecule has 1 fully saturated rings. The van der Waals surface area contributed by atoms with Gasteiger partial charge in [-0.15, -0.1) is 0 Å². The predicted octanol–water partition coefficient (Wildman–Crippen LogP) is 4.45. The van der Waals surface area contributed by atoms with Crippen LogP contribution in [0.3, 0.4) is 0 Å². The van der Waals surface area contributed by atoms with Gasteiger partial charge in [0, 0.05) is 12.1 Å². The van der Waals surface area contributed by atoms with E-state index in [9.17, 15) is 19.1 Å². The van der Waals surface area contributed by atoms with Crippen molar-refractivity contribution in [3.05, 3.63) is 113 Å². The van der Waals surface area contributed by atoms with Crippen molar-refractivity contribution in [3.8, 4) is 0 Å². The van der Waals surface area contributed by atoms with E-state index in [4.69, 9.17) is 0 Å². The molecule has 4 rings (SSSR count). The van der Waals surface area contributed by atoms with Crippen LogP contribution in [0.4, 0.5) is 4.39 Å². The van der Waals surface area contributed by atoms with E-state index in [1.54, 1.807) is 36.4 Å². The van der Waals surface area contributed by atoms with Crippen LogP contribution in [0, 0.1) is 5.82 Å². The zero-order chi connectivity index (χ0) is 20.4. The molecule has 3 aromatic rings. The first kappa shape index (κ1) is 18.6. The van der Waals surface area contributed by atoms with E-state index < -0.39 is 23.5 Å². The number of Topliss-reactive ketones (excluding diaryl/α,β-unsaturated/α-hetero) is 1. The summed E-state index contributed by atoms with van der Waals surface area (Å²) in [6.45, 7) is 0.165. The van der Waals surface area contributed by atoms with Gasteiger partial charge in [0.25, 0.3) is 11.7 Å². The molecule has 4 nitrogen and oxygen atoms in total. The molecule has 3 aromatic carbocycles. The fourth-order valence-electron chi connectivity index (χ4n) is 3.60. The van der Waals surface area contributed by atoms with Crippen LogP contribution in [0.15, 0.2) is 90.5 Å².